The van der Waals surface area contributed by atoms with E-state index in [1.807, 2.05) is 6.07 Å². The Balaban J connectivity index is 2.08. The molecule has 0 atom stereocenters. The molecule has 0 unspecified atom stereocenters. The summed E-state index contributed by atoms with van der Waals surface area (Å²) in [5, 5.41) is 11.6. The van der Waals surface area contributed by atoms with Crippen LogP contribution in [0, 0.1) is 11.3 Å². The van der Waals surface area contributed by atoms with Crippen molar-refractivity contribution in [1.29, 1.82) is 5.26 Å². The fourth-order valence-corrected chi connectivity index (χ4v) is 2.55. The standard InChI is InChI=1S/C16H14N2O3S/c1-22(20,21)14-8-6-12(7-9-14)10-16(19)18-15-5-3-2-4-13(15)11-17/h2-9H,10H2,1H3,(H,18,19). The van der Waals surface area contributed by atoms with Crippen LogP contribution >= 0.6 is 0 Å². The van der Waals surface area contributed by atoms with Gasteiger partial charge < -0.3 is 5.32 Å². The van der Waals surface area contributed by atoms with Gasteiger partial charge in [0.2, 0.25) is 5.91 Å². The van der Waals surface area contributed by atoms with Gasteiger partial charge in [0.25, 0.3) is 0 Å². The lowest BCUT2D eigenvalue weighted by atomic mass is 10.1. The Morgan fingerprint density at radius 2 is 1.77 bits per heavy atom. The molecule has 0 spiro atoms. The van der Waals surface area contributed by atoms with Crippen LogP contribution in [0.25, 0.3) is 0 Å². The van der Waals surface area contributed by atoms with Crippen LogP contribution in [-0.2, 0) is 21.1 Å². The average molecular weight is 314 g/mol. The topological polar surface area (TPSA) is 87.0 Å². The van der Waals surface area contributed by atoms with Crippen molar-refractivity contribution in [3.05, 3.63) is 59.7 Å². The summed E-state index contributed by atoms with van der Waals surface area (Å²) in [5.41, 5.74) is 1.55. The molecule has 0 heterocycles. The van der Waals surface area contributed by atoms with Gasteiger partial charge in [-0.2, -0.15) is 5.26 Å². The molecule has 5 nitrogen and oxygen atoms in total. The van der Waals surface area contributed by atoms with Crippen LogP contribution in [0.2, 0.25) is 0 Å². The minimum atomic E-state index is -3.24. The molecular weight excluding hydrogens is 300 g/mol. The second-order valence-corrected chi connectivity index (χ2v) is 6.81. The molecule has 0 saturated heterocycles. The Hall–Kier alpha value is -2.65. The number of hydrogen-bond donors (Lipinski definition) is 1. The van der Waals surface area contributed by atoms with E-state index in [1.165, 1.54) is 12.1 Å². The first-order chi connectivity index (χ1) is 10.4. The molecule has 22 heavy (non-hydrogen) atoms. The smallest absolute Gasteiger partial charge is 0.228 e. The second-order valence-electron chi connectivity index (χ2n) is 4.80. The summed E-state index contributed by atoms with van der Waals surface area (Å²) in [6, 6.07) is 14.9. The predicted octanol–water partition coefficient (Wildman–Crippen LogP) is 2.14. The Morgan fingerprint density at radius 3 is 2.36 bits per heavy atom. The van der Waals surface area contributed by atoms with Crippen molar-refractivity contribution in [1.82, 2.24) is 0 Å². The Kier molecular flexibility index (Phi) is 4.59. The summed E-state index contributed by atoms with van der Waals surface area (Å²) < 4.78 is 22.7. The normalized spacial score (nSPS) is 10.7. The highest BCUT2D eigenvalue weighted by Gasteiger charge is 2.09. The van der Waals surface area contributed by atoms with Gasteiger partial charge in [-0.25, -0.2) is 8.42 Å². The molecule has 1 N–H and O–H groups in total. The fraction of sp³-hybridized carbons (Fsp3) is 0.125. The molecule has 6 heteroatoms. The van der Waals surface area contributed by atoms with Gasteiger partial charge >= 0.3 is 0 Å². The van der Waals surface area contributed by atoms with Gasteiger partial charge in [-0.3, -0.25) is 4.79 Å². The third-order valence-corrected chi connectivity index (χ3v) is 4.17. The van der Waals surface area contributed by atoms with Gasteiger partial charge in [0.05, 0.1) is 22.6 Å². The Bertz CT molecular complexity index is 834. The number of carbonyl (C=O) groups excluding carboxylic acids is 1. The average Bonchev–Trinajstić information content (AvgIpc) is 2.47. The minimum Gasteiger partial charge on any atom is -0.325 e. The highest BCUT2D eigenvalue weighted by atomic mass is 32.2. The first kappa shape index (κ1) is 15.7. The molecule has 0 aliphatic rings. The molecule has 0 bridgehead atoms. The summed E-state index contributed by atoms with van der Waals surface area (Å²) in [6.07, 6.45) is 1.23. The fourth-order valence-electron chi connectivity index (χ4n) is 1.92. The first-order valence-corrected chi connectivity index (χ1v) is 8.37. The van der Waals surface area contributed by atoms with E-state index >= 15 is 0 Å². The molecule has 0 saturated carbocycles. The highest BCUT2D eigenvalue weighted by Crippen LogP contribution is 2.15. The Morgan fingerprint density at radius 1 is 1.14 bits per heavy atom. The van der Waals surface area contributed by atoms with E-state index in [0.717, 1.165) is 6.26 Å². The van der Waals surface area contributed by atoms with Crippen LogP contribution in [0.1, 0.15) is 11.1 Å². The van der Waals surface area contributed by atoms with Crippen molar-refractivity contribution in [2.24, 2.45) is 0 Å². The zero-order valence-corrected chi connectivity index (χ0v) is 12.7. The van der Waals surface area contributed by atoms with E-state index in [9.17, 15) is 13.2 Å². The molecule has 0 aromatic heterocycles. The number of carbonyl (C=O) groups is 1. The van der Waals surface area contributed by atoms with Crippen LogP contribution in [0.3, 0.4) is 0 Å². The van der Waals surface area contributed by atoms with Crippen LogP contribution in [0.15, 0.2) is 53.4 Å². The number of rotatable bonds is 4. The number of hydrogen-bond acceptors (Lipinski definition) is 4. The summed E-state index contributed by atoms with van der Waals surface area (Å²) in [6.45, 7) is 0. The largest absolute Gasteiger partial charge is 0.325 e. The van der Waals surface area contributed by atoms with Crippen molar-refractivity contribution in [2.45, 2.75) is 11.3 Å². The number of amides is 1. The maximum absolute atomic E-state index is 12.0. The van der Waals surface area contributed by atoms with E-state index in [1.54, 1.807) is 36.4 Å². The minimum absolute atomic E-state index is 0.101. The molecule has 2 aromatic carbocycles. The van der Waals surface area contributed by atoms with E-state index in [-0.39, 0.29) is 17.2 Å². The number of nitrogens with zero attached hydrogens (tertiary/aromatic N) is 1. The van der Waals surface area contributed by atoms with Crippen molar-refractivity contribution in [3.8, 4) is 6.07 Å². The SMILES string of the molecule is CS(=O)(=O)c1ccc(CC(=O)Nc2ccccc2C#N)cc1. The van der Waals surface area contributed by atoms with Crippen molar-refractivity contribution >= 4 is 21.4 Å². The predicted molar refractivity (Wildman–Crippen MR) is 83.0 cm³/mol. The lowest BCUT2D eigenvalue weighted by Crippen LogP contribution is -2.15. The van der Waals surface area contributed by atoms with Gasteiger partial charge in [0.15, 0.2) is 9.84 Å². The lowest BCUT2D eigenvalue weighted by molar-refractivity contribution is -0.115. The van der Waals surface area contributed by atoms with Crippen LogP contribution < -0.4 is 5.32 Å². The number of anilines is 1. The number of sulfone groups is 1. The Labute approximate surface area is 129 Å². The van der Waals surface area contributed by atoms with Gasteiger partial charge in [-0.1, -0.05) is 24.3 Å². The van der Waals surface area contributed by atoms with Crippen LogP contribution in [-0.4, -0.2) is 20.6 Å². The zero-order chi connectivity index (χ0) is 16.2. The first-order valence-electron chi connectivity index (χ1n) is 6.48. The van der Waals surface area contributed by atoms with Crippen LogP contribution in [0.5, 0.6) is 0 Å². The molecule has 0 fully saturated rings. The van der Waals surface area contributed by atoms with E-state index < -0.39 is 9.84 Å². The second kappa shape index (κ2) is 6.41. The highest BCUT2D eigenvalue weighted by molar-refractivity contribution is 7.90. The quantitative estimate of drug-likeness (QED) is 0.936. The van der Waals surface area contributed by atoms with Gasteiger partial charge in [0, 0.05) is 6.26 Å². The van der Waals surface area contributed by atoms with Gasteiger partial charge in [-0.05, 0) is 29.8 Å². The molecule has 2 rings (SSSR count). The zero-order valence-electron chi connectivity index (χ0n) is 11.9. The summed E-state index contributed by atoms with van der Waals surface area (Å²) in [5.74, 6) is -0.269. The van der Waals surface area contributed by atoms with Crippen molar-refractivity contribution in [3.63, 3.8) is 0 Å². The summed E-state index contributed by atoms with van der Waals surface area (Å²) >= 11 is 0. The molecular formula is C16H14N2O3S. The molecule has 2 aromatic rings. The maximum Gasteiger partial charge on any atom is 0.228 e. The summed E-state index contributed by atoms with van der Waals surface area (Å²) in [4.78, 5) is 12.2. The third kappa shape index (κ3) is 3.93. The molecule has 0 radical (unpaired) electrons. The van der Waals surface area contributed by atoms with Gasteiger partial charge in [0.1, 0.15) is 6.07 Å². The molecule has 1 amide bonds. The van der Waals surface area contributed by atoms with E-state index in [2.05, 4.69) is 5.32 Å². The van der Waals surface area contributed by atoms with Crippen molar-refractivity contribution in [2.75, 3.05) is 11.6 Å². The van der Waals surface area contributed by atoms with Gasteiger partial charge in [-0.15, -0.1) is 0 Å². The summed E-state index contributed by atoms with van der Waals surface area (Å²) in [7, 11) is -3.24. The van der Waals surface area contributed by atoms with E-state index in [0.29, 0.717) is 16.8 Å². The number of nitriles is 1. The van der Waals surface area contributed by atoms with Crippen LogP contribution in [0.4, 0.5) is 5.69 Å². The molecule has 0 aliphatic carbocycles. The third-order valence-electron chi connectivity index (χ3n) is 3.04. The number of benzene rings is 2. The number of nitrogens with one attached hydrogen (secondary N) is 1. The van der Waals surface area contributed by atoms with Crippen molar-refractivity contribution < 1.29 is 13.2 Å². The monoisotopic (exact) mass is 314 g/mol. The van der Waals surface area contributed by atoms with E-state index in [4.69, 9.17) is 5.26 Å². The molecule has 112 valence electrons. The number of para-hydroxylation sites is 1. The lowest BCUT2D eigenvalue weighted by Gasteiger charge is -2.07. The molecule has 0 aliphatic heterocycles. The maximum atomic E-state index is 12.0.